The summed E-state index contributed by atoms with van der Waals surface area (Å²) in [5, 5.41) is 30.8. The number of hydrogen-bond acceptors (Lipinski definition) is 11. The maximum Gasteiger partial charge on any atom is 0.312 e. The molecule has 2 aromatic rings. The summed E-state index contributed by atoms with van der Waals surface area (Å²) in [6.07, 6.45) is 11.9. The summed E-state index contributed by atoms with van der Waals surface area (Å²) >= 11 is 0. The van der Waals surface area contributed by atoms with Gasteiger partial charge in [-0.15, -0.1) is 0 Å². The van der Waals surface area contributed by atoms with E-state index < -0.39 is 28.9 Å². The van der Waals surface area contributed by atoms with Crippen LogP contribution in [0.2, 0.25) is 0 Å². The number of Topliss-reactive ketones (excluding diaryl/α,β-unsaturated/α-hetero) is 1. The smallest absolute Gasteiger partial charge is 0.312 e. The number of ether oxygens (including phenoxy) is 3. The first-order valence-electron chi connectivity index (χ1n) is 18.7. The second-order valence-corrected chi connectivity index (χ2v) is 15.7. The van der Waals surface area contributed by atoms with Crippen LogP contribution in [0.25, 0.3) is 10.8 Å². The lowest BCUT2D eigenvalue weighted by Gasteiger charge is -2.32. The van der Waals surface area contributed by atoms with E-state index in [0.717, 1.165) is 12.8 Å². The van der Waals surface area contributed by atoms with Gasteiger partial charge in [-0.3, -0.25) is 19.4 Å². The molecule has 0 unspecified atom stereocenters. The third-order valence-electron chi connectivity index (χ3n) is 11.1. The van der Waals surface area contributed by atoms with Crippen LogP contribution in [0.15, 0.2) is 46.1 Å². The van der Waals surface area contributed by atoms with Gasteiger partial charge in [0, 0.05) is 43.2 Å². The van der Waals surface area contributed by atoms with Gasteiger partial charge in [0.25, 0.3) is 11.7 Å². The predicted molar refractivity (Wildman–Crippen MR) is 200 cm³/mol. The third kappa shape index (κ3) is 7.17. The molecule has 284 valence electrons. The number of aromatic hydroxyl groups is 2. The van der Waals surface area contributed by atoms with Crippen LogP contribution in [0.3, 0.4) is 0 Å². The Morgan fingerprint density at radius 3 is 2.42 bits per heavy atom. The molecule has 1 spiro atoms. The minimum atomic E-state index is -1.80. The van der Waals surface area contributed by atoms with E-state index >= 15 is 0 Å². The van der Waals surface area contributed by atoms with Crippen molar-refractivity contribution in [1.29, 1.82) is 0 Å². The summed E-state index contributed by atoms with van der Waals surface area (Å²) in [6, 6.07) is 0. The highest BCUT2D eigenvalue weighted by Crippen LogP contribution is 2.51. The number of benzene rings is 2. The Balaban J connectivity index is 1.53. The number of ketones is 1. The highest BCUT2D eigenvalue weighted by Gasteiger charge is 2.50. The maximum absolute atomic E-state index is 14.4. The van der Waals surface area contributed by atoms with E-state index in [0.29, 0.717) is 49.5 Å². The van der Waals surface area contributed by atoms with E-state index in [2.05, 4.69) is 36.4 Å². The lowest BCUT2D eigenvalue weighted by atomic mass is 9.82. The molecule has 53 heavy (non-hydrogen) atoms. The van der Waals surface area contributed by atoms with Crippen LogP contribution in [0.1, 0.15) is 96.5 Å². The fraction of sp³-hybridized carbons (Fsp3) is 0.537. The fourth-order valence-electron chi connectivity index (χ4n) is 8.36. The van der Waals surface area contributed by atoms with Gasteiger partial charge in [0.2, 0.25) is 0 Å². The van der Waals surface area contributed by atoms with Crippen LogP contribution in [0.5, 0.6) is 17.2 Å². The van der Waals surface area contributed by atoms with Gasteiger partial charge in [-0.05, 0) is 75.9 Å². The number of anilines is 1. The number of fused-ring (bicyclic) bond motifs is 1. The van der Waals surface area contributed by atoms with Crippen molar-refractivity contribution in [3.8, 4) is 17.2 Å². The number of amides is 1. The summed E-state index contributed by atoms with van der Waals surface area (Å²) in [7, 11) is 0. The fourth-order valence-corrected chi connectivity index (χ4v) is 8.36. The molecule has 4 aliphatic heterocycles. The summed E-state index contributed by atoms with van der Waals surface area (Å²) < 4.78 is 18.1. The molecular weight excluding hydrogens is 676 g/mol. The van der Waals surface area contributed by atoms with Crippen molar-refractivity contribution in [2.75, 3.05) is 18.4 Å². The van der Waals surface area contributed by atoms with Crippen LogP contribution >= 0.6 is 0 Å². The van der Waals surface area contributed by atoms with E-state index in [4.69, 9.17) is 19.2 Å². The van der Waals surface area contributed by atoms with Crippen molar-refractivity contribution in [3.05, 3.63) is 58.0 Å². The highest BCUT2D eigenvalue weighted by atomic mass is 16.7. The molecule has 1 fully saturated rings. The number of esters is 1. The van der Waals surface area contributed by atoms with Gasteiger partial charge in [0.1, 0.15) is 34.0 Å². The summed E-state index contributed by atoms with van der Waals surface area (Å²) in [5.74, 6) is -3.30. The molecule has 2 aromatic carbocycles. The Labute approximate surface area is 310 Å². The molecular formula is C41H52N4O8. The van der Waals surface area contributed by atoms with Gasteiger partial charge < -0.3 is 35.1 Å². The zero-order chi connectivity index (χ0) is 38.4. The van der Waals surface area contributed by atoms with Gasteiger partial charge in [0.05, 0.1) is 22.9 Å². The number of hydrogen-bond donors (Lipinski definition) is 4. The van der Waals surface area contributed by atoms with Crippen molar-refractivity contribution in [2.45, 2.75) is 105 Å². The average molecular weight is 729 g/mol. The number of piperidine rings is 1. The number of phenols is 2. The molecule has 0 saturated carbocycles. The first kappa shape index (κ1) is 38.0. The van der Waals surface area contributed by atoms with Crippen LogP contribution in [-0.2, 0) is 19.1 Å². The van der Waals surface area contributed by atoms with Crippen molar-refractivity contribution >= 4 is 34.1 Å². The van der Waals surface area contributed by atoms with Crippen molar-refractivity contribution in [2.24, 2.45) is 33.7 Å². The Morgan fingerprint density at radius 2 is 1.72 bits per heavy atom. The molecule has 0 radical (unpaired) electrons. The molecule has 4 heterocycles. The molecule has 0 aliphatic carbocycles. The number of carbonyl (C=O) groups is 3. The quantitative estimate of drug-likeness (QED) is 0.208. The number of rotatable bonds is 1. The van der Waals surface area contributed by atoms with Crippen molar-refractivity contribution < 1.29 is 38.8 Å². The molecule has 4 aliphatic rings. The van der Waals surface area contributed by atoms with Crippen molar-refractivity contribution in [1.82, 2.24) is 5.32 Å². The van der Waals surface area contributed by atoms with E-state index in [9.17, 15) is 24.6 Å². The number of carbonyl (C=O) groups excluding carboxylic acids is 3. The predicted octanol–water partition coefficient (Wildman–Crippen LogP) is 5.81. The van der Waals surface area contributed by atoms with Gasteiger partial charge in [-0.2, -0.15) is 0 Å². The van der Waals surface area contributed by atoms with Crippen LogP contribution in [0.4, 0.5) is 5.69 Å². The van der Waals surface area contributed by atoms with Gasteiger partial charge in [-0.25, -0.2) is 4.99 Å². The van der Waals surface area contributed by atoms with Crippen LogP contribution < -0.4 is 26.1 Å². The first-order chi connectivity index (χ1) is 25.1. The lowest BCUT2D eigenvalue weighted by Crippen LogP contribution is -2.44. The topological polar surface area (TPSA) is 168 Å². The Hall–Kier alpha value is -4.71. The van der Waals surface area contributed by atoms with Crippen LogP contribution in [-0.4, -0.2) is 58.5 Å². The van der Waals surface area contributed by atoms with E-state index in [-0.39, 0.29) is 73.9 Å². The molecule has 6 atom stereocenters. The number of phenolic OH excluding ortho intramolecular Hbond substituents is 2. The second-order valence-electron chi connectivity index (χ2n) is 15.7. The van der Waals surface area contributed by atoms with E-state index in [1.54, 1.807) is 26.0 Å². The minimum Gasteiger partial charge on any atom is -0.507 e. The van der Waals surface area contributed by atoms with Crippen LogP contribution in [0, 0.1) is 30.6 Å². The standard InChI is InChI=1S/C41H52N4O8/c1-21-11-9-12-24(4)39(50)43-33-32-31(44-41(45-32)14-16-42-17-15-41)28-29(35(33)48)34(47)26(6)37-30(28)38(49)40(8,53-37)51-18-10-13-23(3)36(52-27(7)46)25(5)20-22(2)19-21/h9-12,18,21-23,25,36,42,44,47-48H,13-17,19-20H2,1-8H3/b11-9+,18-10+,24-12-,43-33?/t21-,22+,23+,25+,36+,40-/m0/s1. The Morgan fingerprint density at radius 1 is 1.00 bits per heavy atom. The zero-order valence-corrected chi connectivity index (χ0v) is 32.0. The SMILES string of the molecule is CC(=O)O[C@@H]1[C@H](C)C/C=C/O[C@@]2(C)Oc3c(C)c(O)c4c(O)c(c5c(c4c3C2=O)NC2(CCNCC2)N=5)=NC(=O)/C(C)=C\C=C\[C@H](C)C[C@@H](C)C[C@H]1C. The molecule has 1 saturated heterocycles. The Bertz CT molecular complexity index is 2060. The number of nitrogens with zero attached hydrogens (tertiary/aromatic N) is 2. The molecule has 12 nitrogen and oxygen atoms in total. The van der Waals surface area contributed by atoms with Gasteiger partial charge in [-0.1, -0.05) is 45.9 Å². The molecule has 1 amide bonds. The number of allylic oxidation sites excluding steroid dienone is 4. The molecule has 4 bridgehead atoms. The Kier molecular flexibility index (Phi) is 10.5. The van der Waals surface area contributed by atoms with Gasteiger partial charge in [0.15, 0.2) is 5.75 Å². The van der Waals surface area contributed by atoms with E-state index in [1.807, 2.05) is 19.1 Å². The maximum atomic E-state index is 14.4. The molecule has 12 heteroatoms. The third-order valence-corrected chi connectivity index (χ3v) is 11.1. The molecule has 4 N–H and O–H groups in total. The first-order valence-corrected chi connectivity index (χ1v) is 18.7. The molecule has 0 aromatic heterocycles. The minimum absolute atomic E-state index is 0.0321. The monoisotopic (exact) mass is 728 g/mol. The highest BCUT2D eigenvalue weighted by molar-refractivity contribution is 6.21. The second kappa shape index (κ2) is 14.6. The zero-order valence-electron chi connectivity index (χ0n) is 32.0. The molecule has 6 rings (SSSR count). The average Bonchev–Trinajstić information content (AvgIpc) is 3.59. The normalized spacial score (nSPS) is 31.0. The summed E-state index contributed by atoms with van der Waals surface area (Å²) in [5.41, 5.74) is 0.298. The summed E-state index contributed by atoms with van der Waals surface area (Å²) in [4.78, 5) is 49.7. The number of nitrogens with one attached hydrogen (secondary N) is 2. The van der Waals surface area contributed by atoms with E-state index in [1.165, 1.54) is 20.1 Å². The van der Waals surface area contributed by atoms with Gasteiger partial charge >= 0.3 is 11.8 Å². The van der Waals surface area contributed by atoms with Crippen molar-refractivity contribution in [3.63, 3.8) is 0 Å². The largest absolute Gasteiger partial charge is 0.507 e. The summed E-state index contributed by atoms with van der Waals surface area (Å²) in [6.45, 7) is 16.0. The lowest BCUT2D eigenvalue weighted by molar-refractivity contribution is -0.152.